The summed E-state index contributed by atoms with van der Waals surface area (Å²) in [5, 5.41) is 10.6. The van der Waals surface area contributed by atoms with E-state index in [4.69, 9.17) is 37.0 Å². The molecule has 19 heteroatoms. The number of rotatable bonds is 79. The smallest absolute Gasteiger partial charge is 0.462 e. The van der Waals surface area contributed by atoms with Crippen LogP contribution in [0.3, 0.4) is 0 Å². The minimum absolute atomic E-state index is 0.106. The van der Waals surface area contributed by atoms with Gasteiger partial charge in [0.15, 0.2) is 12.2 Å². The van der Waals surface area contributed by atoms with Gasteiger partial charge in [-0.2, -0.15) is 0 Å². The minimum Gasteiger partial charge on any atom is -0.462 e. The maximum absolute atomic E-state index is 13.1. The van der Waals surface area contributed by atoms with Crippen molar-refractivity contribution in [1.29, 1.82) is 0 Å². The van der Waals surface area contributed by atoms with Crippen molar-refractivity contribution in [3.05, 3.63) is 0 Å². The summed E-state index contributed by atoms with van der Waals surface area (Å²) in [6.07, 6.45) is 61.3. The average Bonchev–Trinajstić information content (AvgIpc) is 1.00. The van der Waals surface area contributed by atoms with E-state index >= 15 is 0 Å². The summed E-state index contributed by atoms with van der Waals surface area (Å²) < 4.78 is 68.6. The molecule has 0 aliphatic rings. The summed E-state index contributed by atoms with van der Waals surface area (Å²) in [6, 6.07) is 0. The van der Waals surface area contributed by atoms with Crippen LogP contribution in [0.2, 0.25) is 0 Å². The molecule has 2 unspecified atom stereocenters. The van der Waals surface area contributed by atoms with Gasteiger partial charge in [-0.3, -0.25) is 37.3 Å². The Morgan fingerprint density at radius 3 is 0.687 bits per heavy atom. The fourth-order valence-corrected chi connectivity index (χ4v) is 13.9. The summed E-state index contributed by atoms with van der Waals surface area (Å²) in [6.45, 7) is 9.58. The van der Waals surface area contributed by atoms with Crippen LogP contribution in [0.15, 0.2) is 0 Å². The first-order chi connectivity index (χ1) is 47.9. The van der Waals surface area contributed by atoms with Gasteiger partial charge in [0.05, 0.1) is 26.4 Å². The van der Waals surface area contributed by atoms with E-state index in [-0.39, 0.29) is 25.7 Å². The van der Waals surface area contributed by atoms with Crippen molar-refractivity contribution in [2.45, 2.75) is 439 Å². The summed E-state index contributed by atoms with van der Waals surface area (Å²) in [7, 11) is -9.91. The molecule has 0 radical (unpaired) electrons. The molecule has 0 saturated carbocycles. The lowest BCUT2D eigenvalue weighted by Gasteiger charge is -2.21. The Labute approximate surface area is 607 Å². The third-order valence-electron chi connectivity index (χ3n) is 18.7. The third kappa shape index (κ3) is 74.1. The van der Waals surface area contributed by atoms with Gasteiger partial charge in [-0.05, 0) is 37.5 Å². The van der Waals surface area contributed by atoms with Crippen molar-refractivity contribution in [3.8, 4) is 0 Å². The van der Waals surface area contributed by atoms with Crippen molar-refractivity contribution < 1.29 is 80.2 Å². The number of phosphoric ester groups is 2. The zero-order chi connectivity index (χ0) is 72.8. The molecule has 0 bridgehead atoms. The lowest BCUT2D eigenvalue weighted by atomic mass is 10.0. The van der Waals surface area contributed by atoms with E-state index in [2.05, 4.69) is 41.5 Å². The van der Waals surface area contributed by atoms with Gasteiger partial charge < -0.3 is 33.8 Å². The Bertz CT molecular complexity index is 1910. The van der Waals surface area contributed by atoms with E-state index < -0.39 is 97.5 Å². The molecule has 0 rings (SSSR count). The average molecular weight is 1450 g/mol. The van der Waals surface area contributed by atoms with Crippen molar-refractivity contribution in [2.24, 2.45) is 11.8 Å². The van der Waals surface area contributed by atoms with Gasteiger partial charge in [0, 0.05) is 25.7 Å². The topological polar surface area (TPSA) is 237 Å². The van der Waals surface area contributed by atoms with Crippen LogP contribution in [0.5, 0.6) is 0 Å². The van der Waals surface area contributed by atoms with Gasteiger partial charge in [-0.15, -0.1) is 0 Å². The number of ether oxygens (including phenoxy) is 4. The first kappa shape index (κ1) is 97.1. The van der Waals surface area contributed by atoms with E-state index in [0.29, 0.717) is 31.6 Å². The van der Waals surface area contributed by atoms with E-state index in [0.717, 1.165) is 102 Å². The second-order valence-corrected chi connectivity index (χ2v) is 32.7. The molecule has 0 aromatic rings. The maximum Gasteiger partial charge on any atom is 0.472 e. The van der Waals surface area contributed by atoms with Gasteiger partial charge in [-0.1, -0.05) is 369 Å². The molecule has 0 fully saturated rings. The van der Waals surface area contributed by atoms with Gasteiger partial charge in [0.1, 0.15) is 19.3 Å². The Hall–Kier alpha value is -1.94. The molecular formula is C80H156O17P2. The Balaban J connectivity index is 5.20. The second-order valence-electron chi connectivity index (χ2n) is 29.8. The summed E-state index contributed by atoms with van der Waals surface area (Å²) in [5.74, 6) is -0.612. The monoisotopic (exact) mass is 1450 g/mol. The van der Waals surface area contributed by atoms with Gasteiger partial charge in [0.2, 0.25) is 0 Å². The maximum atomic E-state index is 13.1. The highest BCUT2D eigenvalue weighted by atomic mass is 31.2. The van der Waals surface area contributed by atoms with Gasteiger partial charge in [-0.25, -0.2) is 9.13 Å². The number of aliphatic hydroxyl groups is 1. The highest BCUT2D eigenvalue weighted by molar-refractivity contribution is 7.47. The molecule has 0 heterocycles. The highest BCUT2D eigenvalue weighted by Crippen LogP contribution is 2.45. The van der Waals surface area contributed by atoms with Crippen LogP contribution in [0.1, 0.15) is 420 Å². The number of aliphatic hydroxyl groups excluding tert-OH is 1. The number of hydrogen-bond acceptors (Lipinski definition) is 15. The molecule has 0 aliphatic heterocycles. The highest BCUT2D eigenvalue weighted by Gasteiger charge is 2.30. The summed E-state index contributed by atoms with van der Waals surface area (Å²) >= 11 is 0. The number of carbonyl (C=O) groups is 4. The Morgan fingerprint density at radius 1 is 0.273 bits per heavy atom. The van der Waals surface area contributed by atoms with E-state index in [1.54, 1.807) is 0 Å². The molecule has 3 N–H and O–H groups in total. The van der Waals surface area contributed by atoms with Crippen LogP contribution in [0, 0.1) is 11.8 Å². The Morgan fingerprint density at radius 2 is 0.465 bits per heavy atom. The standard InChI is InChI=1S/C80H156O17P2/c1-7-9-11-13-15-17-19-21-22-25-29-32-36-39-43-50-56-62-77(82)90-68-75(96-80(85)65-59-53-45-41-37-33-30-27-24-23-26-28-31-34-38-42-48-54-60-72(3)4)70-94-98(86,87)92-66-74(81)67-93-99(88,89)95-71-76(69-91-78(83)63-57-51-47-46-49-55-61-73(5)6)97-79(84)64-58-52-44-40-35-20-18-16-14-12-10-8-2/h72-76,81H,7-71H2,1-6H3,(H,86,87)(H,88,89)/t74-,75-,76-/m1/s1. The van der Waals surface area contributed by atoms with Crippen molar-refractivity contribution in [2.75, 3.05) is 39.6 Å². The van der Waals surface area contributed by atoms with Crippen LogP contribution in [-0.4, -0.2) is 96.7 Å². The molecule has 0 spiro atoms. The largest absolute Gasteiger partial charge is 0.472 e. The number of unbranched alkanes of at least 4 members (excludes halogenated alkanes) is 49. The molecule has 0 saturated heterocycles. The fraction of sp³-hybridized carbons (Fsp3) is 0.950. The fourth-order valence-electron chi connectivity index (χ4n) is 12.4. The number of hydrogen-bond donors (Lipinski definition) is 3. The molecule has 588 valence electrons. The van der Waals surface area contributed by atoms with Crippen LogP contribution < -0.4 is 0 Å². The quantitative estimate of drug-likeness (QED) is 0.0222. The van der Waals surface area contributed by atoms with Crippen LogP contribution in [-0.2, 0) is 65.4 Å². The number of esters is 4. The van der Waals surface area contributed by atoms with Gasteiger partial charge >= 0.3 is 39.5 Å². The first-order valence-electron chi connectivity index (χ1n) is 41.5. The first-order valence-corrected chi connectivity index (χ1v) is 44.5. The molecule has 99 heavy (non-hydrogen) atoms. The van der Waals surface area contributed by atoms with E-state index in [1.165, 1.54) is 231 Å². The van der Waals surface area contributed by atoms with Crippen molar-refractivity contribution >= 4 is 39.5 Å². The lowest BCUT2D eigenvalue weighted by Crippen LogP contribution is -2.30. The molecular weight excluding hydrogens is 1290 g/mol. The van der Waals surface area contributed by atoms with Gasteiger partial charge in [0.25, 0.3) is 0 Å². The molecule has 17 nitrogen and oxygen atoms in total. The van der Waals surface area contributed by atoms with E-state index in [1.807, 2.05) is 0 Å². The van der Waals surface area contributed by atoms with Crippen LogP contribution in [0.25, 0.3) is 0 Å². The second kappa shape index (κ2) is 71.7. The van der Waals surface area contributed by atoms with E-state index in [9.17, 15) is 43.2 Å². The van der Waals surface area contributed by atoms with Crippen LogP contribution in [0.4, 0.5) is 0 Å². The predicted octanol–water partition coefficient (Wildman–Crippen LogP) is 23.9. The summed E-state index contributed by atoms with van der Waals surface area (Å²) in [5.41, 5.74) is 0. The van der Waals surface area contributed by atoms with Crippen molar-refractivity contribution in [1.82, 2.24) is 0 Å². The Kier molecular flexibility index (Phi) is 70.3. The SMILES string of the molecule is CCCCCCCCCCCCCCCCCCCC(=O)OC[C@H](COP(=O)(O)OC[C@@H](O)COP(=O)(O)OC[C@@H](COC(=O)CCCCCCCCC(C)C)OC(=O)CCCCCCCCCCCCCC)OC(=O)CCCCCCCCCCCCCCCCCCCCC(C)C. The molecule has 0 aromatic carbocycles. The molecule has 0 aliphatic carbocycles. The lowest BCUT2D eigenvalue weighted by molar-refractivity contribution is -0.161. The molecule has 0 amide bonds. The number of carbonyl (C=O) groups excluding carboxylic acids is 4. The predicted molar refractivity (Wildman–Crippen MR) is 405 cm³/mol. The minimum atomic E-state index is -4.96. The summed E-state index contributed by atoms with van der Waals surface area (Å²) in [4.78, 5) is 72.9. The normalized spacial score (nSPS) is 13.9. The molecule has 5 atom stereocenters. The van der Waals surface area contributed by atoms with Crippen LogP contribution >= 0.6 is 15.6 Å². The van der Waals surface area contributed by atoms with Crippen molar-refractivity contribution in [3.63, 3.8) is 0 Å². The molecule has 0 aromatic heterocycles. The third-order valence-corrected chi connectivity index (χ3v) is 20.6. The zero-order valence-electron chi connectivity index (χ0n) is 64.8. The number of phosphoric acid groups is 2. The zero-order valence-corrected chi connectivity index (χ0v) is 66.6.